The molecular weight excluding hydrogens is 374 g/mol. The van der Waals surface area contributed by atoms with Crippen molar-refractivity contribution in [2.75, 3.05) is 6.61 Å². The van der Waals surface area contributed by atoms with Gasteiger partial charge in [0.15, 0.2) is 0 Å². The number of pyridine rings is 1. The van der Waals surface area contributed by atoms with Gasteiger partial charge >= 0.3 is 5.97 Å². The molecule has 0 aliphatic heterocycles. The molecule has 4 rings (SSSR count). The lowest BCUT2D eigenvalue weighted by Gasteiger charge is -2.10. The van der Waals surface area contributed by atoms with E-state index in [0.717, 1.165) is 16.5 Å². The molecule has 28 heavy (non-hydrogen) atoms. The van der Waals surface area contributed by atoms with E-state index in [-0.39, 0.29) is 12.4 Å². The van der Waals surface area contributed by atoms with Gasteiger partial charge in [-0.15, -0.1) is 0 Å². The van der Waals surface area contributed by atoms with E-state index in [1.54, 1.807) is 37.3 Å². The minimum Gasteiger partial charge on any atom is -0.462 e. The fraction of sp³-hybridized carbons (Fsp3) is 0.130. The van der Waals surface area contributed by atoms with E-state index in [4.69, 9.17) is 16.3 Å². The van der Waals surface area contributed by atoms with Crippen LogP contribution < -0.4 is 0 Å². The molecule has 0 saturated carbocycles. The maximum absolute atomic E-state index is 13.3. The van der Waals surface area contributed by atoms with E-state index in [1.807, 2.05) is 41.7 Å². The fourth-order valence-electron chi connectivity index (χ4n) is 3.50. The molecule has 0 unspecified atom stereocenters. The second-order valence-electron chi connectivity index (χ2n) is 6.56. The number of halogens is 1. The maximum atomic E-state index is 13.3. The molecule has 5 heteroatoms. The number of carbonyl (C=O) groups excluding carboxylic acids is 2. The summed E-state index contributed by atoms with van der Waals surface area (Å²) in [5.41, 5.74) is 3.85. The van der Waals surface area contributed by atoms with Crippen molar-refractivity contribution in [1.29, 1.82) is 0 Å². The number of benzene rings is 2. The molecule has 0 aliphatic carbocycles. The van der Waals surface area contributed by atoms with Crippen LogP contribution in [0.25, 0.3) is 16.4 Å². The van der Waals surface area contributed by atoms with E-state index in [1.165, 1.54) is 0 Å². The lowest BCUT2D eigenvalue weighted by atomic mass is 10.1. The van der Waals surface area contributed by atoms with E-state index in [0.29, 0.717) is 27.4 Å². The third-order valence-electron chi connectivity index (χ3n) is 4.80. The summed E-state index contributed by atoms with van der Waals surface area (Å²) in [5.74, 6) is -0.624. The molecule has 0 bridgehead atoms. The van der Waals surface area contributed by atoms with Crippen molar-refractivity contribution in [2.45, 2.75) is 13.8 Å². The average Bonchev–Trinajstić information content (AvgIpc) is 3.08. The molecule has 4 nitrogen and oxygen atoms in total. The Kier molecular flexibility index (Phi) is 4.65. The normalized spacial score (nSPS) is 11.1. The summed E-state index contributed by atoms with van der Waals surface area (Å²) >= 11 is 5.96. The molecule has 2 aromatic carbocycles. The Bertz CT molecular complexity index is 1220. The van der Waals surface area contributed by atoms with Gasteiger partial charge < -0.3 is 9.14 Å². The Morgan fingerprint density at radius 1 is 1.00 bits per heavy atom. The lowest BCUT2D eigenvalue weighted by molar-refractivity contribution is 0.0529. The number of aromatic nitrogens is 1. The molecule has 0 N–H and O–H groups in total. The van der Waals surface area contributed by atoms with E-state index in [9.17, 15) is 9.59 Å². The van der Waals surface area contributed by atoms with Gasteiger partial charge in [0.2, 0.25) is 5.78 Å². The molecule has 0 spiro atoms. The van der Waals surface area contributed by atoms with Crippen molar-refractivity contribution >= 4 is 39.8 Å². The van der Waals surface area contributed by atoms with Crippen molar-refractivity contribution in [3.05, 3.63) is 88.1 Å². The third kappa shape index (κ3) is 2.96. The largest absolute Gasteiger partial charge is 0.462 e. The Morgan fingerprint density at radius 3 is 2.43 bits per heavy atom. The van der Waals surface area contributed by atoms with Crippen LogP contribution in [0.5, 0.6) is 0 Å². The molecule has 0 aliphatic rings. The predicted octanol–water partition coefficient (Wildman–Crippen LogP) is 5.46. The number of rotatable bonds is 4. The lowest BCUT2D eigenvalue weighted by Crippen LogP contribution is -2.06. The first-order valence-electron chi connectivity index (χ1n) is 9.02. The number of para-hydroxylation sites is 1. The van der Waals surface area contributed by atoms with Crippen molar-refractivity contribution in [2.24, 2.45) is 0 Å². The smallest absolute Gasteiger partial charge is 0.340 e. The molecule has 0 atom stereocenters. The summed E-state index contributed by atoms with van der Waals surface area (Å²) in [6, 6.07) is 18.1. The summed E-state index contributed by atoms with van der Waals surface area (Å²) in [6.45, 7) is 4.02. The fourth-order valence-corrected chi connectivity index (χ4v) is 3.63. The number of esters is 1. The minimum atomic E-state index is -0.440. The van der Waals surface area contributed by atoms with Crippen molar-refractivity contribution in [1.82, 2.24) is 4.40 Å². The highest BCUT2D eigenvalue weighted by Crippen LogP contribution is 2.29. The van der Waals surface area contributed by atoms with Crippen LogP contribution in [0, 0.1) is 6.92 Å². The van der Waals surface area contributed by atoms with Crippen LogP contribution in [-0.2, 0) is 4.74 Å². The van der Waals surface area contributed by atoms with Gasteiger partial charge in [0, 0.05) is 16.0 Å². The second-order valence-corrected chi connectivity index (χ2v) is 7.00. The molecular formula is C23H18ClNO3. The Hall–Kier alpha value is -3.11. The highest BCUT2D eigenvalue weighted by atomic mass is 35.5. The monoisotopic (exact) mass is 391 g/mol. The van der Waals surface area contributed by atoms with Gasteiger partial charge in [0.25, 0.3) is 0 Å². The summed E-state index contributed by atoms with van der Waals surface area (Å²) in [7, 11) is 0. The second kappa shape index (κ2) is 7.13. The number of carbonyl (C=O) groups is 2. The zero-order valence-corrected chi connectivity index (χ0v) is 16.3. The topological polar surface area (TPSA) is 47.8 Å². The molecule has 0 fully saturated rings. The molecule has 0 saturated heterocycles. The first kappa shape index (κ1) is 18.3. The maximum Gasteiger partial charge on any atom is 0.340 e. The molecule has 0 radical (unpaired) electrons. The Balaban J connectivity index is 2.04. The summed E-state index contributed by atoms with van der Waals surface area (Å²) in [6.07, 6.45) is 0. The van der Waals surface area contributed by atoms with Crippen LogP contribution in [0.2, 0.25) is 5.02 Å². The minimum absolute atomic E-state index is 0.184. The van der Waals surface area contributed by atoms with Gasteiger partial charge in [-0.2, -0.15) is 0 Å². The zero-order chi connectivity index (χ0) is 19.8. The quantitative estimate of drug-likeness (QED) is 0.342. The van der Waals surface area contributed by atoms with Crippen molar-refractivity contribution < 1.29 is 14.3 Å². The van der Waals surface area contributed by atoms with Crippen LogP contribution in [0.4, 0.5) is 0 Å². The zero-order valence-electron chi connectivity index (χ0n) is 15.5. The number of hydrogen-bond donors (Lipinski definition) is 0. The number of ether oxygens (including phenoxy) is 1. The summed E-state index contributed by atoms with van der Waals surface area (Å²) in [5, 5.41) is 1.58. The van der Waals surface area contributed by atoms with Gasteiger partial charge in [0.1, 0.15) is 0 Å². The Morgan fingerprint density at radius 2 is 1.71 bits per heavy atom. The first-order chi connectivity index (χ1) is 13.5. The third-order valence-corrected chi connectivity index (χ3v) is 5.05. The van der Waals surface area contributed by atoms with Crippen molar-refractivity contribution in [3.63, 3.8) is 0 Å². The highest BCUT2D eigenvalue weighted by molar-refractivity contribution is 6.30. The number of aryl methyl sites for hydroxylation is 1. The number of nitrogens with zero attached hydrogens (tertiary/aromatic N) is 1. The van der Waals surface area contributed by atoms with E-state index in [2.05, 4.69) is 0 Å². The van der Waals surface area contributed by atoms with Crippen LogP contribution in [0.15, 0.2) is 60.7 Å². The number of ketones is 1. The standard InChI is InChI=1S/C23H18ClNO3/c1-3-28-23(27)18-13-21(22(26)15-8-10-16(24)11-9-15)25-19-7-5-4-6-17(19)14(2)12-20(18)25/h4-13H,3H2,1-2H3. The van der Waals surface area contributed by atoms with Gasteiger partial charge in [-0.3, -0.25) is 4.79 Å². The summed E-state index contributed by atoms with van der Waals surface area (Å²) in [4.78, 5) is 25.8. The van der Waals surface area contributed by atoms with Gasteiger partial charge in [-0.25, -0.2) is 4.79 Å². The predicted molar refractivity (Wildman–Crippen MR) is 110 cm³/mol. The average molecular weight is 392 g/mol. The van der Waals surface area contributed by atoms with Gasteiger partial charge in [0.05, 0.1) is 28.9 Å². The molecule has 0 amide bonds. The van der Waals surface area contributed by atoms with E-state index >= 15 is 0 Å². The van der Waals surface area contributed by atoms with Crippen LogP contribution in [-0.4, -0.2) is 22.8 Å². The van der Waals surface area contributed by atoms with Gasteiger partial charge in [-0.1, -0.05) is 29.8 Å². The first-order valence-corrected chi connectivity index (χ1v) is 9.40. The molecule has 2 aromatic heterocycles. The van der Waals surface area contributed by atoms with Gasteiger partial charge in [-0.05, 0) is 61.9 Å². The van der Waals surface area contributed by atoms with Crippen LogP contribution in [0.1, 0.15) is 38.9 Å². The molecule has 140 valence electrons. The number of hydrogen-bond acceptors (Lipinski definition) is 3. The molecule has 2 heterocycles. The SMILES string of the molecule is CCOC(=O)c1cc(C(=O)c2ccc(Cl)cc2)n2c1cc(C)c1ccccc12. The number of fused-ring (bicyclic) bond motifs is 3. The Labute approximate surface area is 167 Å². The van der Waals surface area contributed by atoms with E-state index < -0.39 is 5.97 Å². The summed E-state index contributed by atoms with van der Waals surface area (Å²) < 4.78 is 7.06. The van der Waals surface area contributed by atoms with Crippen LogP contribution >= 0.6 is 11.6 Å². The van der Waals surface area contributed by atoms with Crippen molar-refractivity contribution in [3.8, 4) is 0 Å². The molecule has 4 aromatic rings. The highest BCUT2D eigenvalue weighted by Gasteiger charge is 2.23. The van der Waals surface area contributed by atoms with Crippen LogP contribution in [0.3, 0.4) is 0 Å².